The van der Waals surface area contributed by atoms with Gasteiger partial charge in [-0.3, -0.25) is 4.79 Å². The summed E-state index contributed by atoms with van der Waals surface area (Å²) in [6, 6.07) is 19.7. The molecule has 0 saturated heterocycles. The molecule has 0 atom stereocenters. The number of hydrogen-bond donors (Lipinski definition) is 1. The molecule has 5 heteroatoms. The largest absolute Gasteiger partial charge is 0.395 e. The highest BCUT2D eigenvalue weighted by molar-refractivity contribution is 5.79. The lowest BCUT2D eigenvalue weighted by Crippen LogP contribution is -2.34. The molecule has 1 aromatic heterocycles. The van der Waals surface area contributed by atoms with E-state index in [0.717, 1.165) is 28.2 Å². The summed E-state index contributed by atoms with van der Waals surface area (Å²) in [7, 11) is 0. The van der Waals surface area contributed by atoms with Crippen LogP contribution in [0.3, 0.4) is 0 Å². The number of hydrogen-bond acceptors (Lipinski definition) is 3. The van der Waals surface area contributed by atoms with E-state index >= 15 is 0 Å². The number of nitrogens with zero attached hydrogens (tertiary/aromatic N) is 3. The summed E-state index contributed by atoms with van der Waals surface area (Å²) in [6.07, 6.45) is 0.275. The van der Waals surface area contributed by atoms with Gasteiger partial charge in [-0.05, 0) is 31.5 Å². The fourth-order valence-electron chi connectivity index (χ4n) is 3.23. The molecule has 1 amide bonds. The SMILES string of the molecule is Cc1nn(-c2ccccc2)c(C)c1CC(=O)N(CCO)Cc1ccccc1. The Bertz CT molecular complexity index is 889. The minimum atomic E-state index is -0.0557. The lowest BCUT2D eigenvalue weighted by Gasteiger charge is -2.22. The monoisotopic (exact) mass is 363 g/mol. The normalized spacial score (nSPS) is 10.8. The first-order valence-electron chi connectivity index (χ1n) is 9.13. The molecule has 0 bridgehead atoms. The first kappa shape index (κ1) is 18.9. The van der Waals surface area contributed by atoms with Crippen LogP contribution in [-0.2, 0) is 17.8 Å². The summed E-state index contributed by atoms with van der Waals surface area (Å²) in [5, 5.41) is 14.0. The molecule has 0 aliphatic carbocycles. The number of para-hydroxylation sites is 1. The molecule has 0 unspecified atom stereocenters. The van der Waals surface area contributed by atoms with Crippen LogP contribution in [0.4, 0.5) is 0 Å². The molecule has 0 spiro atoms. The molecule has 0 saturated carbocycles. The van der Waals surface area contributed by atoms with E-state index in [0.29, 0.717) is 13.1 Å². The summed E-state index contributed by atoms with van der Waals surface area (Å²) in [5.74, 6) is -0.00767. The van der Waals surface area contributed by atoms with Gasteiger partial charge in [0, 0.05) is 24.3 Å². The van der Waals surface area contributed by atoms with Gasteiger partial charge in [-0.2, -0.15) is 5.10 Å². The molecule has 0 radical (unpaired) electrons. The van der Waals surface area contributed by atoms with Crippen LogP contribution in [0.1, 0.15) is 22.5 Å². The molecule has 27 heavy (non-hydrogen) atoms. The Morgan fingerprint density at radius 3 is 2.30 bits per heavy atom. The number of aromatic nitrogens is 2. The lowest BCUT2D eigenvalue weighted by molar-refractivity contribution is -0.131. The van der Waals surface area contributed by atoms with Gasteiger partial charge in [-0.15, -0.1) is 0 Å². The molecule has 1 N–H and O–H groups in total. The van der Waals surface area contributed by atoms with Gasteiger partial charge in [0.25, 0.3) is 0 Å². The average molecular weight is 363 g/mol. The molecule has 2 aromatic carbocycles. The molecule has 0 aliphatic rings. The Hall–Kier alpha value is -2.92. The van der Waals surface area contributed by atoms with Crippen LogP contribution in [0.2, 0.25) is 0 Å². The zero-order valence-corrected chi connectivity index (χ0v) is 15.8. The number of benzene rings is 2. The van der Waals surface area contributed by atoms with Crippen LogP contribution in [0, 0.1) is 13.8 Å². The van der Waals surface area contributed by atoms with E-state index in [1.807, 2.05) is 79.2 Å². The van der Waals surface area contributed by atoms with Gasteiger partial charge >= 0.3 is 0 Å². The molecule has 1 heterocycles. The molecular formula is C22H25N3O2. The fraction of sp³-hybridized carbons (Fsp3) is 0.273. The molecule has 3 aromatic rings. The highest BCUT2D eigenvalue weighted by atomic mass is 16.3. The van der Waals surface area contributed by atoms with Crippen molar-refractivity contribution < 1.29 is 9.90 Å². The van der Waals surface area contributed by atoms with Gasteiger partial charge in [0.15, 0.2) is 0 Å². The van der Waals surface area contributed by atoms with Crippen molar-refractivity contribution in [1.29, 1.82) is 0 Å². The Morgan fingerprint density at radius 1 is 1.04 bits per heavy atom. The molecule has 0 aliphatic heterocycles. The summed E-state index contributed by atoms with van der Waals surface area (Å²) in [5.41, 5.74) is 4.80. The third kappa shape index (κ3) is 4.44. The number of amides is 1. The van der Waals surface area contributed by atoms with Crippen molar-refractivity contribution in [3.05, 3.63) is 83.2 Å². The maximum Gasteiger partial charge on any atom is 0.227 e. The predicted octanol–water partition coefficient (Wildman–Crippen LogP) is 3.05. The number of aliphatic hydroxyl groups excluding tert-OH is 1. The van der Waals surface area contributed by atoms with E-state index in [-0.39, 0.29) is 18.9 Å². The van der Waals surface area contributed by atoms with Crippen molar-refractivity contribution >= 4 is 5.91 Å². The zero-order chi connectivity index (χ0) is 19.2. The van der Waals surface area contributed by atoms with Crippen molar-refractivity contribution in [3.8, 4) is 5.69 Å². The van der Waals surface area contributed by atoms with Gasteiger partial charge < -0.3 is 10.0 Å². The van der Waals surface area contributed by atoms with Gasteiger partial charge in [0.2, 0.25) is 5.91 Å². The van der Waals surface area contributed by atoms with Gasteiger partial charge in [-0.25, -0.2) is 4.68 Å². The lowest BCUT2D eigenvalue weighted by atomic mass is 10.1. The van der Waals surface area contributed by atoms with Crippen LogP contribution >= 0.6 is 0 Å². The van der Waals surface area contributed by atoms with E-state index in [2.05, 4.69) is 5.10 Å². The predicted molar refractivity (Wildman–Crippen MR) is 106 cm³/mol. The summed E-state index contributed by atoms with van der Waals surface area (Å²) in [4.78, 5) is 14.6. The van der Waals surface area contributed by atoms with Gasteiger partial charge in [0.1, 0.15) is 0 Å². The van der Waals surface area contributed by atoms with Gasteiger partial charge in [-0.1, -0.05) is 48.5 Å². The Balaban J connectivity index is 1.80. The third-order valence-corrected chi connectivity index (χ3v) is 4.71. The van der Waals surface area contributed by atoms with Crippen molar-refractivity contribution in [1.82, 2.24) is 14.7 Å². The molecule has 3 rings (SSSR count). The Kier molecular flexibility index (Phi) is 6.04. The van der Waals surface area contributed by atoms with Crippen LogP contribution in [0.5, 0.6) is 0 Å². The number of carbonyl (C=O) groups excluding carboxylic acids is 1. The van der Waals surface area contributed by atoms with Crippen LogP contribution < -0.4 is 0 Å². The Morgan fingerprint density at radius 2 is 1.67 bits per heavy atom. The Labute approximate surface area is 159 Å². The minimum Gasteiger partial charge on any atom is -0.395 e. The summed E-state index contributed by atoms with van der Waals surface area (Å²) < 4.78 is 1.88. The van der Waals surface area contributed by atoms with Crippen LogP contribution in [0.15, 0.2) is 60.7 Å². The van der Waals surface area contributed by atoms with Crippen molar-refractivity contribution in [2.75, 3.05) is 13.2 Å². The highest BCUT2D eigenvalue weighted by Crippen LogP contribution is 2.19. The number of carbonyl (C=O) groups is 1. The molecule has 0 fully saturated rings. The maximum absolute atomic E-state index is 12.9. The zero-order valence-electron chi connectivity index (χ0n) is 15.8. The topological polar surface area (TPSA) is 58.4 Å². The van der Waals surface area contributed by atoms with Crippen LogP contribution in [-0.4, -0.2) is 38.8 Å². The van der Waals surface area contributed by atoms with E-state index in [1.54, 1.807) is 4.90 Å². The maximum atomic E-state index is 12.9. The van der Waals surface area contributed by atoms with E-state index in [9.17, 15) is 9.90 Å². The highest BCUT2D eigenvalue weighted by Gasteiger charge is 2.20. The summed E-state index contributed by atoms with van der Waals surface area (Å²) >= 11 is 0. The first-order valence-corrected chi connectivity index (χ1v) is 9.13. The van der Waals surface area contributed by atoms with E-state index in [1.165, 1.54) is 0 Å². The minimum absolute atomic E-state index is 0.00767. The first-order chi connectivity index (χ1) is 13.1. The second-order valence-electron chi connectivity index (χ2n) is 6.60. The smallest absolute Gasteiger partial charge is 0.227 e. The molecular weight excluding hydrogens is 338 g/mol. The second kappa shape index (κ2) is 8.64. The van der Waals surface area contributed by atoms with Crippen LogP contribution in [0.25, 0.3) is 5.69 Å². The van der Waals surface area contributed by atoms with Crippen molar-refractivity contribution in [2.45, 2.75) is 26.8 Å². The molecule has 140 valence electrons. The number of rotatable bonds is 7. The number of aliphatic hydroxyl groups is 1. The average Bonchev–Trinajstić information content (AvgIpc) is 2.97. The standard InChI is InChI=1S/C22H25N3O2/c1-17-21(18(2)25(23-17)20-11-7-4-8-12-20)15-22(27)24(13-14-26)16-19-9-5-3-6-10-19/h3-12,26H,13-16H2,1-2H3. The van der Waals surface area contributed by atoms with Crippen molar-refractivity contribution in [2.24, 2.45) is 0 Å². The third-order valence-electron chi connectivity index (χ3n) is 4.71. The fourth-order valence-corrected chi connectivity index (χ4v) is 3.23. The van der Waals surface area contributed by atoms with E-state index in [4.69, 9.17) is 0 Å². The van der Waals surface area contributed by atoms with Gasteiger partial charge in [0.05, 0.1) is 24.4 Å². The number of aryl methyl sites for hydroxylation is 1. The van der Waals surface area contributed by atoms with Crippen molar-refractivity contribution in [3.63, 3.8) is 0 Å². The second-order valence-corrected chi connectivity index (χ2v) is 6.60. The molecule has 5 nitrogen and oxygen atoms in total. The van der Waals surface area contributed by atoms with E-state index < -0.39 is 0 Å². The quantitative estimate of drug-likeness (QED) is 0.702. The summed E-state index contributed by atoms with van der Waals surface area (Å²) in [6.45, 7) is 4.68.